The van der Waals surface area contributed by atoms with Crippen LogP contribution >= 0.6 is 0 Å². The van der Waals surface area contributed by atoms with Crippen molar-refractivity contribution in [3.05, 3.63) is 111 Å². The molecule has 1 aliphatic carbocycles. The van der Waals surface area contributed by atoms with Crippen molar-refractivity contribution in [2.24, 2.45) is 4.99 Å². The fourth-order valence-electron chi connectivity index (χ4n) is 7.45. The minimum Gasteiger partial charge on any atom is -0.744 e. The fourth-order valence-corrected chi connectivity index (χ4v) is 7.95. The molecule has 0 bridgehead atoms. The summed E-state index contributed by atoms with van der Waals surface area (Å²) < 4.78 is 35.9. The van der Waals surface area contributed by atoms with E-state index < -0.39 is 37.8 Å². The first kappa shape index (κ1) is 42.9. The van der Waals surface area contributed by atoms with E-state index in [-0.39, 0.29) is 86.8 Å². The molecule has 0 radical (unpaired) electrons. The van der Waals surface area contributed by atoms with Gasteiger partial charge in [0.05, 0.1) is 28.9 Å². The minimum absolute atomic E-state index is 0. The first-order valence-electron chi connectivity index (χ1n) is 17.4. The standard InChI is InChI=1S/C40H42N4O8S.K/c1-24-13-15-30-28(19-24)39(2,17-9-5-7-11-35(45)46)33(43-30)21-26-37(32(23-41)42-4)27(38(26)49)22-34-40(3,18-10-6-8-12-36(47)48)29-20-25(53(50,51)52)14-16-31(29)44-34;/h13-16,19-22,43,49H,5-12,17-18H2,1-3H3,(H,45,46)(H,47,48)(H,50,51,52);/q;+1/p-1/b27-22?,33-21?,37-32+;. The van der Waals surface area contributed by atoms with Crippen LogP contribution in [0.25, 0.3) is 4.85 Å². The normalized spacial score (nSPS) is 22.3. The molecule has 2 aliphatic heterocycles. The van der Waals surface area contributed by atoms with E-state index in [1.807, 2.05) is 32.0 Å². The number of aryl methyl sites for hydroxylation is 1. The summed E-state index contributed by atoms with van der Waals surface area (Å²) in [4.78, 5) is 30.0. The van der Waals surface area contributed by atoms with Gasteiger partial charge in [0.2, 0.25) is 0 Å². The third kappa shape index (κ3) is 8.82. The Hall–Kier alpha value is -3.86. The molecule has 0 spiro atoms. The molecule has 2 unspecified atom stereocenters. The van der Waals surface area contributed by atoms with Crippen LogP contribution in [-0.2, 0) is 30.5 Å². The van der Waals surface area contributed by atoms with Gasteiger partial charge in [-0.3, -0.25) is 14.6 Å². The molecule has 0 saturated carbocycles. The predicted molar refractivity (Wildman–Crippen MR) is 198 cm³/mol. The van der Waals surface area contributed by atoms with E-state index in [1.54, 1.807) is 12.2 Å². The maximum Gasteiger partial charge on any atom is 1.00 e. The Morgan fingerprint density at radius 1 is 0.963 bits per heavy atom. The van der Waals surface area contributed by atoms with Crippen molar-refractivity contribution < 1.29 is 89.3 Å². The number of carboxylic acid groups (broad SMARTS) is 2. The summed E-state index contributed by atoms with van der Waals surface area (Å²) in [5.74, 6) is -1.91. The van der Waals surface area contributed by atoms with Crippen molar-refractivity contribution in [2.45, 2.75) is 101 Å². The Morgan fingerprint density at radius 3 is 2.17 bits per heavy atom. The molecule has 276 valence electrons. The van der Waals surface area contributed by atoms with Gasteiger partial charge in [-0.2, -0.15) is 0 Å². The SMILES string of the molecule is [C-]#[N+]/C(C#N)=C1/C(=CC2=Nc3ccc(S(=O)(=O)[O-])cc3C2(C)CCCCCC(=O)O)C(O)=C1C=C1Nc2ccc(C)cc2C1(C)CCCCCC(=O)O.[K+]. The number of aliphatic hydroxyl groups is 1. The molecule has 2 aromatic rings. The van der Waals surface area contributed by atoms with E-state index in [1.165, 1.54) is 18.2 Å². The smallest absolute Gasteiger partial charge is 0.744 e. The number of benzene rings is 2. The monoisotopic (exact) mass is 776 g/mol. The van der Waals surface area contributed by atoms with Gasteiger partial charge in [0, 0.05) is 51.8 Å². The predicted octanol–water partition coefficient (Wildman–Crippen LogP) is 5.03. The molecule has 12 nitrogen and oxygen atoms in total. The van der Waals surface area contributed by atoms with Gasteiger partial charge in [-0.05, 0) is 94.0 Å². The van der Waals surface area contributed by atoms with Crippen LogP contribution < -0.4 is 56.7 Å². The van der Waals surface area contributed by atoms with Crippen LogP contribution in [0.2, 0.25) is 0 Å². The number of hydrogen-bond donors (Lipinski definition) is 4. The average Bonchev–Trinajstić information content (AvgIpc) is 3.53. The summed E-state index contributed by atoms with van der Waals surface area (Å²) in [6.07, 6.45) is 8.08. The average molecular weight is 777 g/mol. The van der Waals surface area contributed by atoms with E-state index in [9.17, 15) is 32.9 Å². The molecule has 54 heavy (non-hydrogen) atoms. The molecule has 0 saturated heterocycles. The van der Waals surface area contributed by atoms with E-state index in [4.69, 9.17) is 21.8 Å². The second kappa shape index (κ2) is 17.3. The number of aliphatic carboxylic acids is 2. The molecule has 3 aliphatic rings. The van der Waals surface area contributed by atoms with E-state index in [2.05, 4.69) is 23.2 Å². The summed E-state index contributed by atoms with van der Waals surface area (Å²) in [5, 5.41) is 43.4. The van der Waals surface area contributed by atoms with Gasteiger partial charge in [0.15, 0.2) is 0 Å². The number of allylic oxidation sites excluding steroid dienone is 6. The van der Waals surface area contributed by atoms with Crippen molar-refractivity contribution in [2.75, 3.05) is 5.32 Å². The van der Waals surface area contributed by atoms with Crippen molar-refractivity contribution >= 4 is 39.1 Å². The van der Waals surface area contributed by atoms with Crippen LogP contribution in [0.4, 0.5) is 11.4 Å². The molecule has 14 heteroatoms. The first-order valence-corrected chi connectivity index (χ1v) is 18.9. The van der Waals surface area contributed by atoms with Crippen LogP contribution in [-0.4, -0.2) is 45.9 Å². The number of nitriles is 1. The molecule has 2 heterocycles. The number of unbranched alkanes of at least 4 members (excludes halogenated alkanes) is 4. The minimum atomic E-state index is -4.79. The number of aliphatic imine (C=N–C) groups is 1. The van der Waals surface area contributed by atoms with Crippen molar-refractivity contribution in [1.82, 2.24) is 0 Å². The second-order valence-electron chi connectivity index (χ2n) is 14.2. The van der Waals surface area contributed by atoms with Gasteiger partial charge in [-0.15, -0.1) is 0 Å². The second-order valence-corrected chi connectivity index (χ2v) is 15.6. The molecular formula is C40H41KN4O8S. The Labute approximate surface area is 358 Å². The van der Waals surface area contributed by atoms with Crippen LogP contribution in [0, 0.1) is 24.8 Å². The summed E-state index contributed by atoms with van der Waals surface area (Å²) in [7, 11) is -4.79. The van der Waals surface area contributed by atoms with Gasteiger partial charge in [0.1, 0.15) is 15.9 Å². The number of rotatable bonds is 15. The quantitative estimate of drug-likeness (QED) is 0.0624. The third-order valence-corrected chi connectivity index (χ3v) is 11.3. The number of fused-ring (bicyclic) bond motifs is 2. The summed E-state index contributed by atoms with van der Waals surface area (Å²) in [6, 6.07) is 12.0. The molecule has 2 atom stereocenters. The number of carboxylic acids is 2. The van der Waals surface area contributed by atoms with E-state index in [0.717, 1.165) is 28.9 Å². The maximum absolute atomic E-state index is 12.0. The summed E-state index contributed by atoms with van der Waals surface area (Å²) in [5.41, 5.74) is 4.07. The number of nitrogens with zero attached hydrogens (tertiary/aromatic N) is 3. The summed E-state index contributed by atoms with van der Waals surface area (Å²) in [6.45, 7) is 13.7. The summed E-state index contributed by atoms with van der Waals surface area (Å²) >= 11 is 0. The van der Waals surface area contributed by atoms with E-state index in [0.29, 0.717) is 67.5 Å². The molecular weight excluding hydrogens is 736 g/mol. The van der Waals surface area contributed by atoms with Gasteiger partial charge in [-0.25, -0.2) is 18.5 Å². The first-order chi connectivity index (χ1) is 25.0. The molecule has 0 amide bonds. The van der Waals surface area contributed by atoms with Crippen molar-refractivity contribution in [3.63, 3.8) is 0 Å². The van der Waals surface area contributed by atoms with Gasteiger partial charge in [0.25, 0.3) is 5.70 Å². The molecule has 4 N–H and O–H groups in total. The fraction of sp³-hybridized carbons (Fsp3) is 0.375. The molecule has 0 aromatic heterocycles. The van der Waals surface area contributed by atoms with Gasteiger partial charge < -0.3 is 25.2 Å². The van der Waals surface area contributed by atoms with Gasteiger partial charge in [-0.1, -0.05) is 43.4 Å². The Bertz CT molecular complexity index is 2230. The Balaban J connectivity index is 0.00000650. The Kier molecular flexibility index (Phi) is 13.7. The zero-order chi connectivity index (χ0) is 38.7. The van der Waals surface area contributed by atoms with Crippen LogP contribution in [0.5, 0.6) is 0 Å². The van der Waals surface area contributed by atoms with Crippen LogP contribution in [0.15, 0.2) is 92.3 Å². The molecule has 0 fully saturated rings. The topological polar surface area (TPSA) is 205 Å². The van der Waals surface area contributed by atoms with Gasteiger partial charge >= 0.3 is 63.3 Å². The zero-order valence-corrected chi connectivity index (χ0v) is 34.8. The van der Waals surface area contributed by atoms with Crippen LogP contribution in [0.3, 0.4) is 0 Å². The van der Waals surface area contributed by atoms with Crippen molar-refractivity contribution in [3.8, 4) is 6.07 Å². The number of aliphatic hydroxyl groups excluding tert-OH is 1. The van der Waals surface area contributed by atoms with E-state index >= 15 is 0 Å². The van der Waals surface area contributed by atoms with Crippen LogP contribution in [0.1, 0.15) is 94.7 Å². The Morgan fingerprint density at radius 2 is 1.59 bits per heavy atom. The number of carbonyl (C=O) groups is 2. The largest absolute Gasteiger partial charge is 1.00 e. The third-order valence-electron chi connectivity index (χ3n) is 10.5. The maximum atomic E-state index is 12.0. The number of hydrogen-bond acceptors (Lipinski definition) is 9. The zero-order valence-electron chi connectivity index (χ0n) is 30.8. The molecule has 2 aromatic carbocycles. The number of nitrogens with one attached hydrogen (secondary N) is 1. The molecule has 5 rings (SSSR count). The number of anilines is 1. The van der Waals surface area contributed by atoms with Crippen molar-refractivity contribution in [1.29, 1.82) is 5.26 Å².